The van der Waals surface area contributed by atoms with Crippen molar-refractivity contribution in [2.24, 2.45) is 5.41 Å². The summed E-state index contributed by atoms with van der Waals surface area (Å²) in [6.45, 7) is 9.43. The summed E-state index contributed by atoms with van der Waals surface area (Å²) in [5.74, 6) is 0. The predicted molar refractivity (Wildman–Crippen MR) is 49.6 cm³/mol. The first kappa shape index (κ1) is 8.79. The number of nitrogens with one attached hydrogen (secondary N) is 1. The van der Waals surface area contributed by atoms with Crippen molar-refractivity contribution >= 4 is 0 Å². The maximum Gasteiger partial charge on any atom is 0.00926 e. The van der Waals surface area contributed by atoms with Crippen molar-refractivity contribution in [3.8, 4) is 0 Å². The molecule has 1 heteroatoms. The van der Waals surface area contributed by atoms with Crippen molar-refractivity contribution in [3.05, 3.63) is 12.7 Å². The zero-order valence-electron chi connectivity index (χ0n) is 7.69. The van der Waals surface area contributed by atoms with Gasteiger partial charge in [-0.25, -0.2) is 0 Å². The van der Waals surface area contributed by atoms with E-state index >= 15 is 0 Å². The van der Waals surface area contributed by atoms with E-state index in [9.17, 15) is 0 Å². The molecule has 64 valence electrons. The lowest BCUT2D eigenvalue weighted by molar-refractivity contribution is 0.384. The van der Waals surface area contributed by atoms with E-state index < -0.39 is 0 Å². The summed E-state index contributed by atoms with van der Waals surface area (Å²) in [7, 11) is 0. The van der Waals surface area contributed by atoms with Crippen LogP contribution in [0.2, 0.25) is 0 Å². The zero-order chi connectivity index (χ0) is 8.32. The van der Waals surface area contributed by atoms with Gasteiger partial charge in [-0.2, -0.15) is 0 Å². The van der Waals surface area contributed by atoms with Gasteiger partial charge >= 0.3 is 0 Å². The van der Waals surface area contributed by atoms with Gasteiger partial charge in [0.2, 0.25) is 0 Å². The molecule has 0 aromatic heterocycles. The van der Waals surface area contributed by atoms with Gasteiger partial charge in [0.1, 0.15) is 0 Å². The van der Waals surface area contributed by atoms with Crippen LogP contribution in [0.4, 0.5) is 0 Å². The maximum atomic E-state index is 3.70. The summed E-state index contributed by atoms with van der Waals surface area (Å²) in [4.78, 5) is 0. The highest BCUT2D eigenvalue weighted by Gasteiger charge is 2.41. The van der Waals surface area contributed by atoms with Crippen molar-refractivity contribution in [1.29, 1.82) is 0 Å². The van der Waals surface area contributed by atoms with Gasteiger partial charge in [-0.1, -0.05) is 13.0 Å². The molecule has 0 aromatic rings. The lowest BCUT2D eigenvalue weighted by atomic mass is 10.0. The standard InChI is InChI=1S/C10H19N/c1-4-5-8-11-9(2)10(3)6-7-10/h4,9,11H,1,5-8H2,2-3H3. The van der Waals surface area contributed by atoms with Crippen molar-refractivity contribution in [1.82, 2.24) is 5.32 Å². The second kappa shape index (κ2) is 3.40. The van der Waals surface area contributed by atoms with Crippen LogP contribution in [0.1, 0.15) is 33.1 Å². The summed E-state index contributed by atoms with van der Waals surface area (Å²) >= 11 is 0. The molecule has 1 rings (SSSR count). The predicted octanol–water partition coefficient (Wildman–Crippen LogP) is 2.34. The molecule has 1 nitrogen and oxygen atoms in total. The van der Waals surface area contributed by atoms with Crippen molar-refractivity contribution in [2.45, 2.75) is 39.2 Å². The molecular weight excluding hydrogens is 134 g/mol. The average Bonchev–Trinajstić information content (AvgIpc) is 2.70. The molecule has 1 N–H and O–H groups in total. The first-order chi connectivity index (χ1) is 5.19. The van der Waals surface area contributed by atoms with E-state index in [0.717, 1.165) is 13.0 Å². The fourth-order valence-corrected chi connectivity index (χ4v) is 1.28. The van der Waals surface area contributed by atoms with Gasteiger partial charge in [-0.05, 0) is 38.1 Å². The molecule has 1 unspecified atom stereocenters. The molecule has 0 spiro atoms. The van der Waals surface area contributed by atoms with E-state index in [-0.39, 0.29) is 0 Å². The second-order valence-corrected chi connectivity index (χ2v) is 3.91. The van der Waals surface area contributed by atoms with Crippen LogP contribution in [0.15, 0.2) is 12.7 Å². The van der Waals surface area contributed by atoms with Crippen molar-refractivity contribution in [3.63, 3.8) is 0 Å². The molecule has 0 aliphatic heterocycles. The van der Waals surface area contributed by atoms with E-state index in [2.05, 4.69) is 25.7 Å². The summed E-state index contributed by atoms with van der Waals surface area (Å²) in [6, 6.07) is 0.683. The van der Waals surface area contributed by atoms with Gasteiger partial charge in [-0.15, -0.1) is 6.58 Å². The fourth-order valence-electron chi connectivity index (χ4n) is 1.28. The highest BCUT2D eigenvalue weighted by Crippen LogP contribution is 2.47. The van der Waals surface area contributed by atoms with Crippen molar-refractivity contribution in [2.75, 3.05) is 6.54 Å². The molecular formula is C10H19N. The third-order valence-corrected chi connectivity index (χ3v) is 2.88. The Bertz CT molecular complexity index is 136. The SMILES string of the molecule is C=CCCNC(C)C1(C)CC1. The van der Waals surface area contributed by atoms with Crippen LogP contribution in [0.3, 0.4) is 0 Å². The maximum absolute atomic E-state index is 3.70. The molecule has 0 saturated heterocycles. The lowest BCUT2D eigenvalue weighted by Gasteiger charge is -2.19. The van der Waals surface area contributed by atoms with Crippen LogP contribution in [-0.4, -0.2) is 12.6 Å². The molecule has 1 aliphatic carbocycles. The van der Waals surface area contributed by atoms with Crippen LogP contribution in [0.25, 0.3) is 0 Å². The second-order valence-electron chi connectivity index (χ2n) is 3.91. The monoisotopic (exact) mass is 153 g/mol. The number of rotatable bonds is 5. The van der Waals surface area contributed by atoms with Gasteiger partial charge < -0.3 is 5.32 Å². The molecule has 1 atom stereocenters. The topological polar surface area (TPSA) is 12.0 Å². The highest BCUT2D eigenvalue weighted by atomic mass is 14.9. The molecule has 1 saturated carbocycles. The normalized spacial score (nSPS) is 22.7. The summed E-state index contributed by atoms with van der Waals surface area (Å²) in [5, 5.41) is 3.51. The van der Waals surface area contributed by atoms with E-state index in [1.165, 1.54) is 12.8 Å². The molecule has 0 heterocycles. The Hall–Kier alpha value is -0.300. The summed E-state index contributed by atoms with van der Waals surface area (Å²) in [5.41, 5.74) is 0.612. The smallest absolute Gasteiger partial charge is 0.00926 e. The Labute approximate surface area is 69.9 Å². The molecule has 1 aliphatic rings. The fraction of sp³-hybridized carbons (Fsp3) is 0.800. The average molecular weight is 153 g/mol. The van der Waals surface area contributed by atoms with Crippen LogP contribution in [-0.2, 0) is 0 Å². The minimum atomic E-state index is 0.612. The third-order valence-electron chi connectivity index (χ3n) is 2.88. The lowest BCUT2D eigenvalue weighted by Crippen LogP contribution is -2.33. The molecule has 0 amide bonds. The van der Waals surface area contributed by atoms with Crippen LogP contribution in [0.5, 0.6) is 0 Å². The zero-order valence-corrected chi connectivity index (χ0v) is 7.69. The highest BCUT2D eigenvalue weighted by molar-refractivity contribution is 4.96. The van der Waals surface area contributed by atoms with E-state index in [1.54, 1.807) is 0 Å². The van der Waals surface area contributed by atoms with E-state index in [1.807, 2.05) is 6.08 Å². The quantitative estimate of drug-likeness (QED) is 0.472. The molecule has 1 fully saturated rings. The van der Waals surface area contributed by atoms with E-state index in [0.29, 0.717) is 11.5 Å². The van der Waals surface area contributed by atoms with Crippen LogP contribution >= 0.6 is 0 Å². The first-order valence-electron chi connectivity index (χ1n) is 4.53. The minimum Gasteiger partial charge on any atom is -0.313 e. The Kier molecular flexibility index (Phi) is 2.72. The van der Waals surface area contributed by atoms with Crippen LogP contribution in [0, 0.1) is 5.41 Å². The number of hydrogen-bond acceptors (Lipinski definition) is 1. The molecule has 0 bridgehead atoms. The molecule has 0 radical (unpaired) electrons. The Morgan fingerprint density at radius 3 is 2.73 bits per heavy atom. The van der Waals surface area contributed by atoms with Crippen LogP contribution < -0.4 is 5.32 Å². The van der Waals surface area contributed by atoms with Gasteiger partial charge in [0, 0.05) is 6.04 Å². The Morgan fingerprint density at radius 2 is 2.27 bits per heavy atom. The Morgan fingerprint density at radius 1 is 1.64 bits per heavy atom. The summed E-state index contributed by atoms with van der Waals surface area (Å²) < 4.78 is 0. The molecule has 0 aromatic carbocycles. The first-order valence-corrected chi connectivity index (χ1v) is 4.53. The Balaban J connectivity index is 2.11. The van der Waals surface area contributed by atoms with Gasteiger partial charge in [-0.3, -0.25) is 0 Å². The van der Waals surface area contributed by atoms with E-state index in [4.69, 9.17) is 0 Å². The van der Waals surface area contributed by atoms with Gasteiger partial charge in [0.15, 0.2) is 0 Å². The number of hydrogen-bond donors (Lipinski definition) is 1. The summed E-state index contributed by atoms with van der Waals surface area (Å²) in [6.07, 6.45) is 5.85. The van der Waals surface area contributed by atoms with Crippen molar-refractivity contribution < 1.29 is 0 Å². The van der Waals surface area contributed by atoms with Gasteiger partial charge in [0.25, 0.3) is 0 Å². The minimum absolute atomic E-state index is 0.612. The third kappa shape index (κ3) is 2.33. The van der Waals surface area contributed by atoms with Gasteiger partial charge in [0.05, 0.1) is 0 Å². The largest absolute Gasteiger partial charge is 0.313 e. The molecule has 11 heavy (non-hydrogen) atoms.